The van der Waals surface area contributed by atoms with Gasteiger partial charge in [-0.1, -0.05) is 38.1 Å². The summed E-state index contributed by atoms with van der Waals surface area (Å²) in [4.78, 5) is 11.5. The van der Waals surface area contributed by atoms with Crippen molar-refractivity contribution in [2.75, 3.05) is 5.75 Å². The fourth-order valence-corrected chi connectivity index (χ4v) is 3.79. The average Bonchev–Trinajstić information content (AvgIpc) is 2.79. The van der Waals surface area contributed by atoms with Gasteiger partial charge in [0.1, 0.15) is 4.75 Å². The molecule has 3 heteroatoms. The molecule has 2 rings (SSSR count). The molecule has 0 aromatic heterocycles. The fraction of sp³-hybridized carbons (Fsp3) is 0.533. The summed E-state index contributed by atoms with van der Waals surface area (Å²) in [5, 5.41) is 9.45. The van der Waals surface area contributed by atoms with Crippen molar-refractivity contribution in [1.82, 2.24) is 0 Å². The first-order valence-electron chi connectivity index (χ1n) is 6.50. The van der Waals surface area contributed by atoms with Crippen molar-refractivity contribution in [3.8, 4) is 0 Å². The third-order valence-corrected chi connectivity index (χ3v) is 5.20. The number of thioether (sulfide) groups is 1. The Morgan fingerprint density at radius 1 is 1.39 bits per heavy atom. The molecule has 0 bridgehead atoms. The molecule has 1 heterocycles. The minimum absolute atomic E-state index is 0.522. The lowest BCUT2D eigenvalue weighted by molar-refractivity contribution is -0.139. The lowest BCUT2D eigenvalue weighted by Crippen LogP contribution is -2.34. The van der Waals surface area contributed by atoms with Gasteiger partial charge in [-0.15, -0.1) is 11.8 Å². The molecule has 1 aliphatic rings. The molecule has 1 N–H and O–H groups in total. The first-order chi connectivity index (χ1) is 8.53. The van der Waals surface area contributed by atoms with Crippen LogP contribution in [0.2, 0.25) is 0 Å². The summed E-state index contributed by atoms with van der Waals surface area (Å²) in [5.41, 5.74) is 2.44. The van der Waals surface area contributed by atoms with Crippen LogP contribution in [0.15, 0.2) is 24.3 Å². The number of hydrogen-bond donors (Lipinski definition) is 1. The summed E-state index contributed by atoms with van der Waals surface area (Å²) in [5.74, 6) is 0.836. The second-order valence-electron chi connectivity index (χ2n) is 5.32. The van der Waals surface area contributed by atoms with Crippen LogP contribution in [0.3, 0.4) is 0 Å². The highest BCUT2D eigenvalue weighted by molar-refractivity contribution is 8.01. The van der Waals surface area contributed by atoms with Crippen LogP contribution in [0.1, 0.15) is 43.7 Å². The van der Waals surface area contributed by atoms with E-state index in [1.807, 2.05) is 0 Å². The van der Waals surface area contributed by atoms with E-state index in [0.29, 0.717) is 12.3 Å². The van der Waals surface area contributed by atoms with Crippen molar-refractivity contribution in [2.45, 2.75) is 43.8 Å². The van der Waals surface area contributed by atoms with Crippen LogP contribution in [0.25, 0.3) is 0 Å². The first kappa shape index (κ1) is 13.5. The highest BCUT2D eigenvalue weighted by Gasteiger charge is 2.42. The van der Waals surface area contributed by atoms with Gasteiger partial charge in [-0.25, -0.2) is 0 Å². The Balaban J connectivity index is 2.15. The van der Waals surface area contributed by atoms with Gasteiger partial charge in [0, 0.05) is 0 Å². The standard InChI is InChI=1S/C15H20O2S/c1-11(2)13-6-4-12(5-7-13)10-15(14(16)17)8-3-9-18-15/h4-7,11H,3,8-10H2,1-2H3,(H,16,17). The Hall–Kier alpha value is -0.960. The lowest BCUT2D eigenvalue weighted by atomic mass is 9.93. The summed E-state index contributed by atoms with van der Waals surface area (Å²) in [7, 11) is 0. The van der Waals surface area contributed by atoms with Crippen LogP contribution >= 0.6 is 11.8 Å². The molecule has 0 saturated carbocycles. The first-order valence-corrected chi connectivity index (χ1v) is 7.48. The Kier molecular flexibility index (Phi) is 4.00. The lowest BCUT2D eigenvalue weighted by Gasteiger charge is -2.23. The Morgan fingerprint density at radius 2 is 2.06 bits per heavy atom. The number of hydrogen-bond acceptors (Lipinski definition) is 2. The van der Waals surface area contributed by atoms with Gasteiger partial charge in [-0.05, 0) is 42.1 Å². The highest BCUT2D eigenvalue weighted by atomic mass is 32.2. The molecule has 1 aliphatic heterocycles. The Morgan fingerprint density at radius 3 is 2.50 bits per heavy atom. The van der Waals surface area contributed by atoms with Crippen LogP contribution < -0.4 is 0 Å². The second-order valence-corrected chi connectivity index (χ2v) is 6.80. The van der Waals surface area contributed by atoms with Crippen molar-refractivity contribution in [2.24, 2.45) is 0 Å². The predicted octanol–water partition coefficient (Wildman–Crippen LogP) is 3.70. The second kappa shape index (κ2) is 5.35. The summed E-state index contributed by atoms with van der Waals surface area (Å²) < 4.78 is -0.584. The van der Waals surface area contributed by atoms with Crippen LogP contribution in [0.4, 0.5) is 0 Å². The molecule has 98 valence electrons. The number of carboxylic acid groups (broad SMARTS) is 1. The monoisotopic (exact) mass is 264 g/mol. The van der Waals surface area contributed by atoms with Crippen LogP contribution in [-0.4, -0.2) is 21.6 Å². The quantitative estimate of drug-likeness (QED) is 0.901. The summed E-state index contributed by atoms with van der Waals surface area (Å²) >= 11 is 1.60. The molecule has 1 saturated heterocycles. The molecule has 1 aromatic rings. The summed E-state index contributed by atoms with van der Waals surface area (Å²) in [6.07, 6.45) is 2.45. The van der Waals surface area contributed by atoms with E-state index in [-0.39, 0.29) is 0 Å². The molecular formula is C15H20O2S. The maximum atomic E-state index is 11.5. The number of carboxylic acids is 1. The molecule has 1 atom stereocenters. The Bertz CT molecular complexity index is 417. The van der Waals surface area contributed by atoms with Crippen molar-refractivity contribution in [3.63, 3.8) is 0 Å². The van der Waals surface area contributed by atoms with Crippen LogP contribution in [0, 0.1) is 0 Å². The molecule has 2 nitrogen and oxygen atoms in total. The fourth-order valence-electron chi connectivity index (χ4n) is 2.43. The van der Waals surface area contributed by atoms with E-state index >= 15 is 0 Å². The maximum absolute atomic E-state index is 11.5. The van der Waals surface area contributed by atoms with Gasteiger partial charge in [0.15, 0.2) is 0 Å². The third-order valence-electron chi connectivity index (χ3n) is 3.63. The van der Waals surface area contributed by atoms with Gasteiger partial charge in [-0.2, -0.15) is 0 Å². The largest absolute Gasteiger partial charge is 0.480 e. The molecule has 18 heavy (non-hydrogen) atoms. The van der Waals surface area contributed by atoms with E-state index in [9.17, 15) is 9.90 Å². The summed E-state index contributed by atoms with van der Waals surface area (Å²) in [6, 6.07) is 8.40. The van der Waals surface area contributed by atoms with Crippen molar-refractivity contribution < 1.29 is 9.90 Å². The van der Waals surface area contributed by atoms with Crippen LogP contribution in [-0.2, 0) is 11.2 Å². The zero-order chi connectivity index (χ0) is 13.2. The van der Waals surface area contributed by atoms with Crippen LogP contribution in [0.5, 0.6) is 0 Å². The minimum Gasteiger partial charge on any atom is -0.480 e. The topological polar surface area (TPSA) is 37.3 Å². The predicted molar refractivity (Wildman–Crippen MR) is 76.3 cm³/mol. The number of aliphatic carboxylic acids is 1. The summed E-state index contributed by atoms with van der Waals surface area (Å²) in [6.45, 7) is 4.33. The third kappa shape index (κ3) is 2.72. The minimum atomic E-state index is -0.655. The van der Waals surface area contributed by atoms with E-state index < -0.39 is 10.7 Å². The average molecular weight is 264 g/mol. The smallest absolute Gasteiger partial charge is 0.320 e. The van der Waals surface area contributed by atoms with E-state index in [0.717, 1.165) is 24.2 Å². The zero-order valence-corrected chi connectivity index (χ0v) is 11.8. The normalized spacial score (nSPS) is 23.5. The molecular weight excluding hydrogens is 244 g/mol. The van der Waals surface area contributed by atoms with Gasteiger partial charge in [0.05, 0.1) is 0 Å². The van der Waals surface area contributed by atoms with E-state index in [2.05, 4.69) is 38.1 Å². The molecule has 0 spiro atoms. The molecule has 0 aliphatic carbocycles. The zero-order valence-electron chi connectivity index (χ0n) is 11.0. The SMILES string of the molecule is CC(C)c1ccc(CC2(C(=O)O)CCCS2)cc1. The number of rotatable bonds is 4. The highest BCUT2D eigenvalue weighted by Crippen LogP contribution is 2.41. The van der Waals surface area contributed by atoms with Crippen molar-refractivity contribution >= 4 is 17.7 Å². The molecule has 1 unspecified atom stereocenters. The van der Waals surface area contributed by atoms with Gasteiger partial charge in [0.2, 0.25) is 0 Å². The van der Waals surface area contributed by atoms with E-state index in [1.54, 1.807) is 11.8 Å². The van der Waals surface area contributed by atoms with E-state index in [1.165, 1.54) is 5.56 Å². The maximum Gasteiger partial charge on any atom is 0.320 e. The van der Waals surface area contributed by atoms with Gasteiger partial charge < -0.3 is 5.11 Å². The molecule has 0 radical (unpaired) electrons. The number of carbonyl (C=O) groups is 1. The van der Waals surface area contributed by atoms with Gasteiger partial charge in [0.25, 0.3) is 0 Å². The van der Waals surface area contributed by atoms with Gasteiger partial charge in [-0.3, -0.25) is 4.79 Å². The van der Waals surface area contributed by atoms with E-state index in [4.69, 9.17) is 0 Å². The Labute approximate surface area is 113 Å². The van der Waals surface area contributed by atoms with Gasteiger partial charge >= 0.3 is 5.97 Å². The molecule has 0 amide bonds. The molecule has 1 fully saturated rings. The van der Waals surface area contributed by atoms with Crippen molar-refractivity contribution in [3.05, 3.63) is 35.4 Å². The van der Waals surface area contributed by atoms with Crippen molar-refractivity contribution in [1.29, 1.82) is 0 Å². The number of benzene rings is 1. The molecule has 1 aromatic carbocycles.